The first kappa shape index (κ1) is 16.0. The Kier molecular flexibility index (Phi) is 6.12. The fraction of sp³-hybridized carbons (Fsp3) is 1.00. The Balaban J connectivity index is 2.53. The second-order valence-electron chi connectivity index (χ2n) is 6.07. The Hall–Kier alpha value is -0.0900. The van der Waals surface area contributed by atoms with Crippen molar-refractivity contribution in [2.45, 2.75) is 65.5 Å². The monoisotopic (exact) mass is 275 g/mol. The number of nitrogens with one attached hydrogen (secondary N) is 1. The highest BCUT2D eigenvalue weighted by Gasteiger charge is 2.28. The molecule has 1 fully saturated rings. The standard InChI is InChI=1S/C14H29NO2S/c1-5-18(16,17)10-12(4)15-14-9-7-6-8-13(14)11(2)3/h11-15H,5-10H2,1-4H3. The molecule has 1 rings (SSSR count). The molecular weight excluding hydrogens is 246 g/mol. The van der Waals surface area contributed by atoms with E-state index >= 15 is 0 Å². The molecule has 3 unspecified atom stereocenters. The van der Waals surface area contributed by atoms with E-state index < -0.39 is 9.84 Å². The summed E-state index contributed by atoms with van der Waals surface area (Å²) in [7, 11) is -2.87. The predicted octanol–water partition coefficient (Wildman–Crippen LogP) is 2.61. The Morgan fingerprint density at radius 1 is 1.17 bits per heavy atom. The van der Waals surface area contributed by atoms with Crippen molar-refractivity contribution >= 4 is 9.84 Å². The van der Waals surface area contributed by atoms with Gasteiger partial charge in [-0.25, -0.2) is 8.42 Å². The van der Waals surface area contributed by atoms with Gasteiger partial charge in [0.05, 0.1) is 5.75 Å². The fourth-order valence-corrected chi connectivity index (χ4v) is 4.17. The normalized spacial score (nSPS) is 27.4. The van der Waals surface area contributed by atoms with Gasteiger partial charge in [-0.1, -0.05) is 33.6 Å². The van der Waals surface area contributed by atoms with Gasteiger partial charge in [-0.15, -0.1) is 0 Å². The lowest BCUT2D eigenvalue weighted by Crippen LogP contribution is -2.47. The molecule has 1 N–H and O–H groups in total. The van der Waals surface area contributed by atoms with Crippen LogP contribution in [0.5, 0.6) is 0 Å². The van der Waals surface area contributed by atoms with Crippen LogP contribution >= 0.6 is 0 Å². The molecule has 0 spiro atoms. The van der Waals surface area contributed by atoms with Gasteiger partial charge in [-0.05, 0) is 31.6 Å². The van der Waals surface area contributed by atoms with Gasteiger partial charge in [0.1, 0.15) is 0 Å². The molecule has 0 aromatic heterocycles. The highest BCUT2D eigenvalue weighted by molar-refractivity contribution is 7.91. The zero-order chi connectivity index (χ0) is 13.8. The second-order valence-corrected chi connectivity index (χ2v) is 8.46. The molecule has 0 heterocycles. The zero-order valence-electron chi connectivity index (χ0n) is 12.3. The molecule has 1 aliphatic carbocycles. The van der Waals surface area contributed by atoms with Crippen molar-refractivity contribution in [2.24, 2.45) is 11.8 Å². The van der Waals surface area contributed by atoms with Gasteiger partial charge >= 0.3 is 0 Å². The predicted molar refractivity (Wildman–Crippen MR) is 77.5 cm³/mol. The molecule has 0 aromatic rings. The van der Waals surface area contributed by atoms with Crippen molar-refractivity contribution in [3.8, 4) is 0 Å². The summed E-state index contributed by atoms with van der Waals surface area (Å²) in [6.45, 7) is 8.27. The molecule has 1 aliphatic rings. The van der Waals surface area contributed by atoms with E-state index in [1.54, 1.807) is 6.92 Å². The van der Waals surface area contributed by atoms with E-state index in [0.717, 1.165) is 0 Å². The van der Waals surface area contributed by atoms with Crippen LogP contribution in [0.4, 0.5) is 0 Å². The minimum absolute atomic E-state index is 0.0688. The molecule has 0 bridgehead atoms. The molecule has 18 heavy (non-hydrogen) atoms. The van der Waals surface area contributed by atoms with Crippen molar-refractivity contribution in [3.63, 3.8) is 0 Å². The third-order valence-corrected chi connectivity index (χ3v) is 6.01. The molecule has 0 aromatic carbocycles. The Labute approximate surface area is 113 Å². The minimum atomic E-state index is -2.87. The molecule has 3 atom stereocenters. The van der Waals surface area contributed by atoms with Gasteiger partial charge in [-0.2, -0.15) is 0 Å². The average Bonchev–Trinajstić information content (AvgIpc) is 2.28. The van der Waals surface area contributed by atoms with E-state index in [9.17, 15) is 8.42 Å². The number of sulfone groups is 1. The Bertz CT molecular complexity index is 338. The maximum absolute atomic E-state index is 11.6. The number of hydrogen-bond acceptors (Lipinski definition) is 3. The summed E-state index contributed by atoms with van der Waals surface area (Å²) in [5.41, 5.74) is 0. The van der Waals surface area contributed by atoms with E-state index in [1.165, 1.54) is 25.7 Å². The molecule has 0 aliphatic heterocycles. The van der Waals surface area contributed by atoms with Gasteiger partial charge in [0, 0.05) is 17.8 Å². The molecular formula is C14H29NO2S. The summed E-state index contributed by atoms with van der Waals surface area (Å²) in [4.78, 5) is 0. The van der Waals surface area contributed by atoms with Crippen LogP contribution in [0.25, 0.3) is 0 Å². The number of hydrogen-bond donors (Lipinski definition) is 1. The third-order valence-electron chi connectivity index (χ3n) is 4.12. The first-order valence-corrected chi connectivity index (χ1v) is 9.14. The molecule has 1 saturated carbocycles. The molecule has 0 amide bonds. The topological polar surface area (TPSA) is 46.2 Å². The largest absolute Gasteiger partial charge is 0.310 e. The van der Waals surface area contributed by atoms with Crippen molar-refractivity contribution in [2.75, 3.05) is 11.5 Å². The van der Waals surface area contributed by atoms with E-state index in [-0.39, 0.29) is 17.5 Å². The smallest absolute Gasteiger partial charge is 0.151 e. The van der Waals surface area contributed by atoms with Gasteiger partial charge in [0.2, 0.25) is 0 Å². The highest BCUT2D eigenvalue weighted by atomic mass is 32.2. The summed E-state index contributed by atoms with van der Waals surface area (Å²) in [6, 6.07) is 0.570. The average molecular weight is 275 g/mol. The van der Waals surface area contributed by atoms with Crippen LogP contribution in [-0.4, -0.2) is 32.0 Å². The van der Waals surface area contributed by atoms with Crippen LogP contribution in [0.1, 0.15) is 53.4 Å². The van der Waals surface area contributed by atoms with E-state index in [2.05, 4.69) is 19.2 Å². The first-order valence-electron chi connectivity index (χ1n) is 7.32. The summed E-state index contributed by atoms with van der Waals surface area (Å²) in [6.07, 6.45) is 5.07. The first-order chi connectivity index (χ1) is 8.35. The van der Waals surface area contributed by atoms with Gasteiger partial charge in [0.15, 0.2) is 9.84 Å². The highest BCUT2D eigenvalue weighted by Crippen LogP contribution is 2.30. The van der Waals surface area contributed by atoms with Crippen molar-refractivity contribution in [1.82, 2.24) is 5.32 Å². The van der Waals surface area contributed by atoms with Crippen LogP contribution < -0.4 is 5.32 Å². The van der Waals surface area contributed by atoms with Crippen LogP contribution in [0, 0.1) is 11.8 Å². The van der Waals surface area contributed by atoms with Crippen LogP contribution in [-0.2, 0) is 9.84 Å². The number of rotatable bonds is 6. The van der Waals surface area contributed by atoms with Crippen molar-refractivity contribution in [1.29, 1.82) is 0 Å². The van der Waals surface area contributed by atoms with Gasteiger partial charge in [-0.3, -0.25) is 0 Å². The molecule has 4 heteroatoms. The van der Waals surface area contributed by atoms with Crippen molar-refractivity contribution in [3.05, 3.63) is 0 Å². The lowest BCUT2D eigenvalue weighted by atomic mass is 9.77. The summed E-state index contributed by atoms with van der Waals surface area (Å²) in [5.74, 6) is 1.89. The summed E-state index contributed by atoms with van der Waals surface area (Å²) in [5, 5.41) is 3.56. The maximum Gasteiger partial charge on any atom is 0.151 e. The Morgan fingerprint density at radius 3 is 2.33 bits per heavy atom. The van der Waals surface area contributed by atoms with Crippen LogP contribution in [0.3, 0.4) is 0 Å². The van der Waals surface area contributed by atoms with E-state index in [4.69, 9.17) is 0 Å². The molecule has 0 radical (unpaired) electrons. The van der Waals surface area contributed by atoms with Gasteiger partial charge in [0.25, 0.3) is 0 Å². The van der Waals surface area contributed by atoms with Gasteiger partial charge < -0.3 is 5.32 Å². The quantitative estimate of drug-likeness (QED) is 0.810. The molecule has 3 nitrogen and oxygen atoms in total. The van der Waals surface area contributed by atoms with E-state index in [0.29, 0.717) is 17.9 Å². The Morgan fingerprint density at radius 2 is 1.78 bits per heavy atom. The lowest BCUT2D eigenvalue weighted by molar-refractivity contribution is 0.197. The van der Waals surface area contributed by atoms with Crippen molar-refractivity contribution < 1.29 is 8.42 Å². The molecule has 0 saturated heterocycles. The maximum atomic E-state index is 11.6. The van der Waals surface area contributed by atoms with Crippen LogP contribution in [0.15, 0.2) is 0 Å². The lowest BCUT2D eigenvalue weighted by Gasteiger charge is -2.36. The second kappa shape index (κ2) is 6.90. The summed E-state index contributed by atoms with van der Waals surface area (Å²) < 4.78 is 23.3. The summed E-state index contributed by atoms with van der Waals surface area (Å²) >= 11 is 0. The fourth-order valence-electron chi connectivity index (χ4n) is 3.08. The SMILES string of the molecule is CCS(=O)(=O)CC(C)NC1CCCCC1C(C)C. The minimum Gasteiger partial charge on any atom is -0.310 e. The van der Waals surface area contributed by atoms with Crippen LogP contribution in [0.2, 0.25) is 0 Å². The van der Waals surface area contributed by atoms with E-state index in [1.807, 2.05) is 6.92 Å². The zero-order valence-corrected chi connectivity index (χ0v) is 13.1. The molecule has 108 valence electrons. The third kappa shape index (κ3) is 4.88.